The number of carbonyl (C=O) groups is 2. The lowest BCUT2D eigenvalue weighted by Crippen LogP contribution is -2.44. The summed E-state index contributed by atoms with van der Waals surface area (Å²) in [5.41, 5.74) is -0.253. The summed E-state index contributed by atoms with van der Waals surface area (Å²) >= 11 is 11.6. The van der Waals surface area contributed by atoms with E-state index in [0.29, 0.717) is 5.56 Å². The lowest BCUT2D eigenvalue weighted by Gasteiger charge is -2.22. The van der Waals surface area contributed by atoms with Crippen molar-refractivity contribution in [1.29, 1.82) is 0 Å². The molecule has 0 fully saturated rings. The highest BCUT2D eigenvalue weighted by atomic mass is 35.5. The molecule has 1 rings (SSSR count). The first-order valence-corrected chi connectivity index (χ1v) is 6.87. The minimum absolute atomic E-state index is 0.0302. The quantitative estimate of drug-likeness (QED) is 0.826. The zero-order chi connectivity index (χ0) is 16.2. The zero-order valence-electron chi connectivity index (χ0n) is 11.8. The summed E-state index contributed by atoms with van der Waals surface area (Å²) in [6.45, 7) is 5.05. The van der Waals surface area contributed by atoms with Crippen LogP contribution >= 0.6 is 23.2 Å². The van der Waals surface area contributed by atoms with Gasteiger partial charge in [0.05, 0.1) is 0 Å². The van der Waals surface area contributed by atoms with Gasteiger partial charge in [0.25, 0.3) is 0 Å². The molecule has 0 aliphatic heterocycles. The number of carboxylic acid groups (broad SMARTS) is 1. The first kappa shape index (κ1) is 17.5. The average Bonchev–Trinajstić information content (AvgIpc) is 2.28. The van der Waals surface area contributed by atoms with Crippen LogP contribution in [0.4, 0.5) is 4.79 Å². The second-order valence-corrected chi connectivity index (χ2v) is 6.07. The summed E-state index contributed by atoms with van der Waals surface area (Å²) in [5.74, 6) is -1.20. The van der Waals surface area contributed by atoms with Crippen LogP contribution in [0, 0.1) is 0 Å². The molecule has 0 aliphatic carbocycles. The van der Waals surface area contributed by atoms with Crippen LogP contribution in [0.1, 0.15) is 26.3 Å². The van der Waals surface area contributed by atoms with Gasteiger partial charge in [-0.3, -0.25) is 0 Å². The number of ether oxygens (including phenoxy) is 1. The van der Waals surface area contributed by atoms with Crippen molar-refractivity contribution >= 4 is 35.3 Å². The van der Waals surface area contributed by atoms with Gasteiger partial charge in [-0.05, 0) is 32.4 Å². The van der Waals surface area contributed by atoms with Crippen molar-refractivity contribution in [3.63, 3.8) is 0 Å². The molecule has 1 atom stereocenters. The van der Waals surface area contributed by atoms with Gasteiger partial charge in [-0.2, -0.15) is 0 Å². The number of nitrogens with zero attached hydrogens (tertiary/aromatic N) is 1. The van der Waals surface area contributed by atoms with E-state index in [-0.39, 0.29) is 16.7 Å². The molecule has 1 heterocycles. The number of halogens is 2. The molecule has 0 aliphatic rings. The summed E-state index contributed by atoms with van der Waals surface area (Å²) in [5, 5.41) is 11.8. The molecule has 0 saturated carbocycles. The number of hydrogen-bond donors (Lipinski definition) is 2. The Morgan fingerprint density at radius 3 is 2.48 bits per heavy atom. The maximum atomic E-state index is 11.6. The van der Waals surface area contributed by atoms with E-state index in [2.05, 4.69) is 10.3 Å². The van der Waals surface area contributed by atoms with E-state index < -0.39 is 23.7 Å². The normalized spacial score (nSPS) is 12.6. The minimum atomic E-state index is -1.20. The fraction of sp³-hybridized carbons (Fsp3) is 0.462. The number of carboxylic acids is 1. The van der Waals surface area contributed by atoms with Crippen molar-refractivity contribution < 1.29 is 19.4 Å². The molecule has 0 saturated heterocycles. The molecule has 0 bridgehead atoms. The lowest BCUT2D eigenvalue weighted by atomic mass is 10.1. The predicted molar refractivity (Wildman–Crippen MR) is 78.8 cm³/mol. The largest absolute Gasteiger partial charge is 0.480 e. The monoisotopic (exact) mass is 334 g/mol. The molecule has 2 N–H and O–H groups in total. The molecule has 1 aromatic heterocycles. The topological polar surface area (TPSA) is 88.5 Å². The van der Waals surface area contributed by atoms with E-state index in [1.807, 2.05) is 0 Å². The molecule has 0 spiro atoms. The number of hydrogen-bond acceptors (Lipinski definition) is 4. The summed E-state index contributed by atoms with van der Waals surface area (Å²) in [6, 6.07) is 1.87. The summed E-state index contributed by atoms with van der Waals surface area (Å²) < 4.78 is 5.02. The van der Waals surface area contributed by atoms with E-state index in [9.17, 15) is 9.59 Å². The van der Waals surface area contributed by atoms with Crippen molar-refractivity contribution in [2.45, 2.75) is 38.8 Å². The maximum absolute atomic E-state index is 11.6. The predicted octanol–water partition coefficient (Wildman–Crippen LogP) is 2.91. The van der Waals surface area contributed by atoms with Crippen LogP contribution in [0.2, 0.25) is 10.3 Å². The molecular weight excluding hydrogens is 319 g/mol. The molecule has 21 heavy (non-hydrogen) atoms. The number of rotatable bonds is 4. The molecule has 116 valence electrons. The number of pyridine rings is 1. The van der Waals surface area contributed by atoms with Gasteiger partial charge < -0.3 is 15.2 Å². The number of amides is 1. The van der Waals surface area contributed by atoms with Crippen molar-refractivity contribution in [3.05, 3.63) is 28.0 Å². The second kappa shape index (κ2) is 6.95. The Labute approximate surface area is 132 Å². The van der Waals surface area contributed by atoms with Crippen LogP contribution in [0.5, 0.6) is 0 Å². The summed E-state index contributed by atoms with van der Waals surface area (Å²) in [4.78, 5) is 26.7. The number of nitrogens with one attached hydrogen (secondary N) is 1. The maximum Gasteiger partial charge on any atom is 0.408 e. The van der Waals surface area contributed by atoms with Gasteiger partial charge in [0.15, 0.2) is 0 Å². The Balaban J connectivity index is 2.79. The first-order chi connectivity index (χ1) is 9.58. The molecule has 1 amide bonds. The molecule has 0 radical (unpaired) electrons. The number of carbonyl (C=O) groups excluding carboxylic acids is 1. The number of aliphatic carboxylic acids is 1. The highest BCUT2D eigenvalue weighted by Crippen LogP contribution is 2.18. The van der Waals surface area contributed by atoms with Crippen LogP contribution in [-0.2, 0) is 16.0 Å². The van der Waals surface area contributed by atoms with Crippen LogP contribution in [0.15, 0.2) is 12.1 Å². The SMILES string of the molecule is CC(C)(C)OC(=O)NC(Cc1ccc(Cl)nc1Cl)C(=O)O. The van der Waals surface area contributed by atoms with E-state index in [1.54, 1.807) is 26.8 Å². The molecule has 8 heteroatoms. The van der Waals surface area contributed by atoms with E-state index in [4.69, 9.17) is 33.0 Å². The van der Waals surface area contributed by atoms with Gasteiger partial charge in [-0.25, -0.2) is 14.6 Å². The Kier molecular flexibility index (Phi) is 5.80. The Hall–Kier alpha value is -1.53. The molecule has 1 unspecified atom stereocenters. The van der Waals surface area contributed by atoms with Crippen molar-refractivity contribution in [3.8, 4) is 0 Å². The number of aromatic nitrogens is 1. The number of alkyl carbamates (subject to hydrolysis) is 1. The molecular formula is C13H16Cl2N2O4. The van der Waals surface area contributed by atoms with Crippen molar-refractivity contribution in [1.82, 2.24) is 10.3 Å². The fourth-order valence-electron chi connectivity index (χ4n) is 1.46. The fourth-order valence-corrected chi connectivity index (χ4v) is 1.89. The Morgan fingerprint density at radius 2 is 2.00 bits per heavy atom. The molecule has 1 aromatic rings. The van der Waals surface area contributed by atoms with E-state index >= 15 is 0 Å². The summed E-state index contributed by atoms with van der Waals surface area (Å²) in [6.07, 6.45) is -0.842. The van der Waals surface area contributed by atoms with Gasteiger partial charge in [0.1, 0.15) is 21.9 Å². The van der Waals surface area contributed by atoms with Crippen LogP contribution < -0.4 is 5.32 Å². The smallest absolute Gasteiger partial charge is 0.408 e. The molecule has 6 nitrogen and oxygen atoms in total. The van der Waals surface area contributed by atoms with Gasteiger partial charge in [0.2, 0.25) is 0 Å². The van der Waals surface area contributed by atoms with Crippen molar-refractivity contribution in [2.75, 3.05) is 0 Å². The standard InChI is InChI=1S/C13H16Cl2N2O4/c1-13(2,3)21-12(20)16-8(11(18)19)6-7-4-5-9(14)17-10(7)15/h4-5,8H,6H2,1-3H3,(H,16,20)(H,18,19). The van der Waals surface area contributed by atoms with Gasteiger partial charge in [-0.15, -0.1) is 0 Å². The highest BCUT2D eigenvalue weighted by Gasteiger charge is 2.25. The third-order valence-corrected chi connectivity index (χ3v) is 2.84. The first-order valence-electron chi connectivity index (χ1n) is 6.12. The highest BCUT2D eigenvalue weighted by molar-refractivity contribution is 6.32. The average molecular weight is 335 g/mol. The van der Waals surface area contributed by atoms with Gasteiger partial charge in [-0.1, -0.05) is 29.3 Å². The van der Waals surface area contributed by atoms with Crippen LogP contribution in [0.25, 0.3) is 0 Å². The third kappa shape index (κ3) is 6.18. The minimum Gasteiger partial charge on any atom is -0.480 e. The van der Waals surface area contributed by atoms with E-state index in [0.717, 1.165) is 0 Å². The van der Waals surface area contributed by atoms with E-state index in [1.165, 1.54) is 6.07 Å². The Bertz CT molecular complexity index is 543. The van der Waals surface area contributed by atoms with Gasteiger partial charge in [0, 0.05) is 6.42 Å². The van der Waals surface area contributed by atoms with Crippen LogP contribution in [0.3, 0.4) is 0 Å². The zero-order valence-corrected chi connectivity index (χ0v) is 13.3. The van der Waals surface area contributed by atoms with Gasteiger partial charge >= 0.3 is 12.1 Å². The Morgan fingerprint density at radius 1 is 1.38 bits per heavy atom. The second-order valence-electron chi connectivity index (χ2n) is 5.33. The molecule has 0 aromatic carbocycles. The van der Waals surface area contributed by atoms with Crippen molar-refractivity contribution in [2.24, 2.45) is 0 Å². The summed E-state index contributed by atoms with van der Waals surface area (Å²) in [7, 11) is 0. The third-order valence-electron chi connectivity index (χ3n) is 2.31. The lowest BCUT2D eigenvalue weighted by molar-refractivity contribution is -0.139. The van der Waals surface area contributed by atoms with Crippen LogP contribution in [-0.4, -0.2) is 33.8 Å².